The van der Waals surface area contributed by atoms with Crippen LogP contribution in [-0.2, 0) is 9.84 Å². The second-order valence-electron chi connectivity index (χ2n) is 4.21. The van der Waals surface area contributed by atoms with Gasteiger partial charge in [-0.05, 0) is 25.8 Å². The summed E-state index contributed by atoms with van der Waals surface area (Å²) in [4.78, 5) is 2.19. The third-order valence-electron chi connectivity index (χ3n) is 2.81. The Morgan fingerprint density at radius 2 is 1.75 bits per heavy atom. The van der Waals surface area contributed by atoms with Crippen molar-refractivity contribution in [2.24, 2.45) is 0 Å². The molecule has 0 aliphatic heterocycles. The fourth-order valence-electron chi connectivity index (χ4n) is 1.94. The van der Waals surface area contributed by atoms with Gasteiger partial charge in [0.15, 0.2) is 0 Å². The Labute approximate surface area is 99.6 Å². The fourth-order valence-corrected chi connectivity index (χ4v) is 2.59. The van der Waals surface area contributed by atoms with Gasteiger partial charge in [0.25, 0.3) is 0 Å². The van der Waals surface area contributed by atoms with Crippen LogP contribution in [0.4, 0.5) is 0 Å². The zero-order valence-corrected chi connectivity index (χ0v) is 11.5. The lowest BCUT2D eigenvalue weighted by Crippen LogP contribution is -2.38. The summed E-state index contributed by atoms with van der Waals surface area (Å²) >= 11 is 0. The van der Waals surface area contributed by atoms with Gasteiger partial charge in [0, 0.05) is 18.8 Å². The van der Waals surface area contributed by atoms with Gasteiger partial charge in [-0.1, -0.05) is 13.8 Å². The van der Waals surface area contributed by atoms with Crippen LogP contribution >= 0.6 is 0 Å². The highest BCUT2D eigenvalue weighted by molar-refractivity contribution is 7.90. The van der Waals surface area contributed by atoms with Gasteiger partial charge in [0.2, 0.25) is 0 Å². The van der Waals surface area contributed by atoms with E-state index in [1.807, 2.05) is 0 Å². The van der Waals surface area contributed by atoms with E-state index in [4.69, 9.17) is 5.11 Å². The molecule has 0 spiro atoms. The molecule has 0 heterocycles. The number of sulfone groups is 1. The quantitative estimate of drug-likeness (QED) is 0.661. The summed E-state index contributed by atoms with van der Waals surface area (Å²) in [5.74, 6) is 0.231. The van der Waals surface area contributed by atoms with E-state index in [9.17, 15) is 8.42 Å². The molecule has 0 rings (SSSR count). The van der Waals surface area contributed by atoms with E-state index in [0.717, 1.165) is 19.4 Å². The summed E-state index contributed by atoms with van der Waals surface area (Å²) in [6.07, 6.45) is 3.99. The van der Waals surface area contributed by atoms with Crippen molar-refractivity contribution in [2.45, 2.75) is 39.2 Å². The second kappa shape index (κ2) is 8.03. The van der Waals surface area contributed by atoms with Gasteiger partial charge in [0.1, 0.15) is 9.84 Å². The van der Waals surface area contributed by atoms with Crippen molar-refractivity contribution >= 4 is 9.84 Å². The van der Waals surface area contributed by atoms with Gasteiger partial charge in [-0.2, -0.15) is 0 Å². The minimum Gasteiger partial charge on any atom is -0.395 e. The Kier molecular flexibility index (Phi) is 7.97. The van der Waals surface area contributed by atoms with Crippen LogP contribution in [0, 0.1) is 0 Å². The van der Waals surface area contributed by atoms with Crippen LogP contribution in [0.15, 0.2) is 0 Å². The van der Waals surface area contributed by atoms with E-state index in [1.165, 1.54) is 6.26 Å². The Morgan fingerprint density at radius 1 is 1.19 bits per heavy atom. The first-order valence-corrected chi connectivity index (χ1v) is 8.03. The number of nitrogens with zero attached hydrogens (tertiary/aromatic N) is 1. The summed E-state index contributed by atoms with van der Waals surface area (Å²) in [5, 5.41) is 8.98. The normalized spacial score (nSPS) is 12.6. The maximum atomic E-state index is 11.0. The van der Waals surface area contributed by atoms with Crippen LogP contribution in [0.5, 0.6) is 0 Å². The van der Waals surface area contributed by atoms with Crippen molar-refractivity contribution in [1.29, 1.82) is 0 Å². The number of hydrogen-bond donors (Lipinski definition) is 1. The van der Waals surface area contributed by atoms with Gasteiger partial charge >= 0.3 is 0 Å². The Hall–Kier alpha value is -0.130. The molecule has 0 aromatic heterocycles. The molecule has 0 radical (unpaired) electrons. The van der Waals surface area contributed by atoms with E-state index < -0.39 is 9.84 Å². The standard InChI is InChI=1S/C11H25NO3S/c1-4-11(5-2)12(8-9-13)7-6-10-16(3,14)15/h11,13H,4-10H2,1-3H3. The number of aliphatic hydroxyl groups excluding tert-OH is 1. The zero-order valence-electron chi connectivity index (χ0n) is 10.6. The lowest BCUT2D eigenvalue weighted by Gasteiger charge is -2.29. The lowest BCUT2D eigenvalue weighted by atomic mass is 10.1. The Balaban J connectivity index is 4.12. The van der Waals surface area contributed by atoms with Crippen LogP contribution < -0.4 is 0 Å². The predicted molar refractivity (Wildman–Crippen MR) is 67.4 cm³/mol. The first-order chi connectivity index (χ1) is 7.44. The van der Waals surface area contributed by atoms with Crippen molar-refractivity contribution in [2.75, 3.05) is 31.7 Å². The van der Waals surface area contributed by atoms with E-state index in [0.29, 0.717) is 19.0 Å². The molecule has 0 aliphatic carbocycles. The van der Waals surface area contributed by atoms with Gasteiger partial charge in [0.05, 0.1) is 12.4 Å². The van der Waals surface area contributed by atoms with E-state index >= 15 is 0 Å². The summed E-state index contributed by atoms with van der Waals surface area (Å²) < 4.78 is 22.0. The van der Waals surface area contributed by atoms with Crippen LogP contribution in [-0.4, -0.2) is 56.2 Å². The van der Waals surface area contributed by atoms with E-state index in [2.05, 4.69) is 18.7 Å². The largest absolute Gasteiger partial charge is 0.395 e. The molecular formula is C11H25NO3S. The molecule has 0 aromatic rings. The molecule has 0 fully saturated rings. The third-order valence-corrected chi connectivity index (χ3v) is 3.84. The molecule has 4 nitrogen and oxygen atoms in total. The van der Waals surface area contributed by atoms with Crippen molar-refractivity contribution < 1.29 is 13.5 Å². The van der Waals surface area contributed by atoms with Crippen LogP contribution in [0.1, 0.15) is 33.1 Å². The summed E-state index contributed by atoms with van der Waals surface area (Å²) in [7, 11) is -2.86. The molecule has 0 saturated heterocycles. The third kappa shape index (κ3) is 7.19. The Bertz CT molecular complexity index is 260. The molecule has 0 aromatic carbocycles. The summed E-state index contributed by atoms with van der Waals surface area (Å²) in [6.45, 7) is 5.76. The minimum absolute atomic E-state index is 0.134. The van der Waals surface area contributed by atoms with Gasteiger partial charge in [-0.25, -0.2) is 8.42 Å². The molecule has 0 amide bonds. The first kappa shape index (κ1) is 15.9. The molecule has 0 bridgehead atoms. The summed E-state index contributed by atoms with van der Waals surface area (Å²) in [6, 6.07) is 0.451. The molecule has 5 heteroatoms. The average Bonchev–Trinajstić information content (AvgIpc) is 2.17. The maximum Gasteiger partial charge on any atom is 0.147 e. The van der Waals surface area contributed by atoms with Crippen molar-refractivity contribution in [1.82, 2.24) is 4.90 Å². The molecule has 0 atom stereocenters. The van der Waals surface area contributed by atoms with Crippen LogP contribution in [0.3, 0.4) is 0 Å². The van der Waals surface area contributed by atoms with Crippen molar-refractivity contribution in [3.8, 4) is 0 Å². The molecular weight excluding hydrogens is 226 g/mol. The number of rotatable bonds is 9. The monoisotopic (exact) mass is 251 g/mol. The van der Waals surface area contributed by atoms with Crippen LogP contribution in [0.2, 0.25) is 0 Å². The highest BCUT2D eigenvalue weighted by Gasteiger charge is 2.14. The highest BCUT2D eigenvalue weighted by atomic mass is 32.2. The number of aliphatic hydroxyl groups is 1. The van der Waals surface area contributed by atoms with E-state index in [1.54, 1.807) is 0 Å². The Morgan fingerprint density at radius 3 is 2.12 bits per heavy atom. The van der Waals surface area contributed by atoms with Gasteiger partial charge < -0.3 is 5.11 Å². The zero-order chi connectivity index (χ0) is 12.6. The van der Waals surface area contributed by atoms with Crippen molar-refractivity contribution in [3.05, 3.63) is 0 Å². The van der Waals surface area contributed by atoms with Gasteiger partial charge in [-0.15, -0.1) is 0 Å². The smallest absolute Gasteiger partial charge is 0.147 e. The lowest BCUT2D eigenvalue weighted by molar-refractivity contribution is 0.144. The SMILES string of the molecule is CCC(CC)N(CCO)CCCS(C)(=O)=O. The maximum absolute atomic E-state index is 11.0. The van der Waals surface area contributed by atoms with Crippen molar-refractivity contribution in [3.63, 3.8) is 0 Å². The second-order valence-corrected chi connectivity index (χ2v) is 6.47. The topological polar surface area (TPSA) is 57.6 Å². The first-order valence-electron chi connectivity index (χ1n) is 5.97. The number of hydrogen-bond acceptors (Lipinski definition) is 4. The predicted octanol–water partition coefficient (Wildman–Crippen LogP) is 0.904. The minimum atomic E-state index is -2.86. The van der Waals surface area contributed by atoms with Crippen LogP contribution in [0.25, 0.3) is 0 Å². The van der Waals surface area contributed by atoms with Gasteiger partial charge in [-0.3, -0.25) is 4.90 Å². The summed E-state index contributed by atoms with van der Waals surface area (Å²) in [5.41, 5.74) is 0. The molecule has 98 valence electrons. The average molecular weight is 251 g/mol. The fraction of sp³-hybridized carbons (Fsp3) is 1.00. The van der Waals surface area contributed by atoms with E-state index in [-0.39, 0.29) is 12.4 Å². The highest BCUT2D eigenvalue weighted by Crippen LogP contribution is 2.09. The molecule has 0 saturated carbocycles. The molecule has 0 unspecified atom stereocenters. The molecule has 16 heavy (non-hydrogen) atoms. The molecule has 1 N–H and O–H groups in total. The molecule has 0 aliphatic rings.